The third-order valence-electron chi connectivity index (χ3n) is 3.89. The van der Waals surface area contributed by atoms with Crippen LogP contribution in [-0.2, 0) is 0 Å². The molecule has 4 heteroatoms. The van der Waals surface area contributed by atoms with Gasteiger partial charge in [-0.05, 0) is 57.9 Å². The van der Waals surface area contributed by atoms with Gasteiger partial charge in [0.1, 0.15) is 5.82 Å². The van der Waals surface area contributed by atoms with Gasteiger partial charge in [-0.3, -0.25) is 0 Å². The molecular formula is C16H26BrFN2. The lowest BCUT2D eigenvalue weighted by Crippen LogP contribution is -2.35. The van der Waals surface area contributed by atoms with Crippen molar-refractivity contribution in [3.63, 3.8) is 0 Å². The molecule has 1 aromatic carbocycles. The molecule has 0 radical (unpaired) electrons. The summed E-state index contributed by atoms with van der Waals surface area (Å²) in [7, 11) is 0. The normalized spacial score (nSPS) is 13.5. The Balaban J connectivity index is 2.74. The van der Waals surface area contributed by atoms with Crippen molar-refractivity contribution < 1.29 is 4.39 Å². The number of halogens is 2. The van der Waals surface area contributed by atoms with Crippen molar-refractivity contribution in [3.8, 4) is 0 Å². The van der Waals surface area contributed by atoms with E-state index in [0.29, 0.717) is 28.8 Å². The fourth-order valence-electron chi connectivity index (χ4n) is 2.59. The van der Waals surface area contributed by atoms with Gasteiger partial charge in [-0.25, -0.2) is 4.39 Å². The molecule has 0 saturated heterocycles. The molecule has 114 valence electrons. The molecule has 0 saturated carbocycles. The minimum absolute atomic E-state index is 0.0619. The highest BCUT2D eigenvalue weighted by molar-refractivity contribution is 9.10. The van der Waals surface area contributed by atoms with Crippen LogP contribution in [0.2, 0.25) is 0 Å². The average molecular weight is 345 g/mol. The smallest absolute Gasteiger partial charge is 0.137 e. The zero-order valence-electron chi connectivity index (χ0n) is 12.8. The number of benzene rings is 1. The Morgan fingerprint density at radius 1 is 1.20 bits per heavy atom. The van der Waals surface area contributed by atoms with Crippen LogP contribution >= 0.6 is 15.9 Å². The zero-order chi connectivity index (χ0) is 15.3. The number of rotatable bonds is 7. The highest BCUT2D eigenvalue weighted by atomic mass is 79.9. The van der Waals surface area contributed by atoms with E-state index in [1.54, 1.807) is 12.1 Å². The molecule has 0 fully saturated rings. The number of nitrogens with two attached hydrogens (primary N) is 1. The highest BCUT2D eigenvalue weighted by Gasteiger charge is 2.19. The molecule has 0 heterocycles. The van der Waals surface area contributed by atoms with Crippen molar-refractivity contribution in [2.75, 3.05) is 13.1 Å². The molecule has 0 aliphatic carbocycles. The first-order chi connectivity index (χ1) is 9.36. The Bertz CT molecular complexity index is 413. The third kappa shape index (κ3) is 4.83. The van der Waals surface area contributed by atoms with Crippen molar-refractivity contribution in [3.05, 3.63) is 34.1 Å². The summed E-state index contributed by atoms with van der Waals surface area (Å²) >= 11 is 3.23. The second-order valence-electron chi connectivity index (χ2n) is 6.02. The quantitative estimate of drug-likeness (QED) is 0.781. The van der Waals surface area contributed by atoms with Crippen molar-refractivity contribution in [2.45, 2.75) is 33.7 Å². The van der Waals surface area contributed by atoms with Crippen molar-refractivity contribution >= 4 is 15.9 Å². The van der Waals surface area contributed by atoms with Gasteiger partial charge in [0.25, 0.3) is 0 Å². The molecule has 0 aliphatic heterocycles. The van der Waals surface area contributed by atoms with E-state index in [2.05, 4.69) is 48.9 Å². The molecule has 0 amide bonds. The van der Waals surface area contributed by atoms with E-state index in [9.17, 15) is 4.39 Å². The first-order valence-corrected chi connectivity index (χ1v) is 8.04. The SMILES string of the molecule is CC(C)C(CNC(CN)c1ccc(F)c(Br)c1)C(C)C. The molecule has 0 aromatic heterocycles. The van der Waals surface area contributed by atoms with Crippen LogP contribution in [0, 0.1) is 23.6 Å². The van der Waals surface area contributed by atoms with Crippen LogP contribution in [0.15, 0.2) is 22.7 Å². The summed E-state index contributed by atoms with van der Waals surface area (Å²) in [6.07, 6.45) is 0. The molecule has 0 aliphatic rings. The second kappa shape index (κ2) is 8.11. The molecule has 2 nitrogen and oxygen atoms in total. The van der Waals surface area contributed by atoms with Crippen molar-refractivity contribution in [1.82, 2.24) is 5.32 Å². The Morgan fingerprint density at radius 2 is 1.80 bits per heavy atom. The maximum absolute atomic E-state index is 13.3. The van der Waals surface area contributed by atoms with Crippen LogP contribution in [0.3, 0.4) is 0 Å². The molecule has 1 rings (SSSR count). The molecule has 1 aromatic rings. The molecule has 20 heavy (non-hydrogen) atoms. The second-order valence-corrected chi connectivity index (χ2v) is 6.88. The van der Waals surface area contributed by atoms with Crippen molar-refractivity contribution in [1.29, 1.82) is 0 Å². The van der Waals surface area contributed by atoms with Crippen LogP contribution < -0.4 is 11.1 Å². The summed E-state index contributed by atoms with van der Waals surface area (Å²) in [5, 5.41) is 3.53. The van der Waals surface area contributed by atoms with Gasteiger partial charge in [0.2, 0.25) is 0 Å². The van der Waals surface area contributed by atoms with Crippen LogP contribution in [0.5, 0.6) is 0 Å². The summed E-state index contributed by atoms with van der Waals surface area (Å²) in [4.78, 5) is 0. The third-order valence-corrected chi connectivity index (χ3v) is 4.50. The highest BCUT2D eigenvalue weighted by Crippen LogP contribution is 2.23. The number of hydrogen-bond acceptors (Lipinski definition) is 2. The van der Waals surface area contributed by atoms with Gasteiger partial charge in [0.15, 0.2) is 0 Å². The number of hydrogen-bond donors (Lipinski definition) is 2. The zero-order valence-corrected chi connectivity index (χ0v) is 14.4. The Morgan fingerprint density at radius 3 is 2.25 bits per heavy atom. The molecule has 1 unspecified atom stereocenters. The lowest BCUT2D eigenvalue weighted by atomic mass is 9.85. The van der Waals surface area contributed by atoms with Gasteiger partial charge in [-0.15, -0.1) is 0 Å². The molecule has 1 atom stereocenters. The fraction of sp³-hybridized carbons (Fsp3) is 0.625. The van der Waals surface area contributed by atoms with Gasteiger partial charge >= 0.3 is 0 Å². The summed E-state index contributed by atoms with van der Waals surface area (Å²) in [6.45, 7) is 10.4. The first-order valence-electron chi connectivity index (χ1n) is 7.25. The molecule has 0 spiro atoms. The summed E-state index contributed by atoms with van der Waals surface area (Å²) in [5.41, 5.74) is 6.88. The van der Waals surface area contributed by atoms with Crippen LogP contribution in [0.1, 0.15) is 39.3 Å². The van der Waals surface area contributed by atoms with Crippen LogP contribution in [0.4, 0.5) is 4.39 Å². The van der Waals surface area contributed by atoms with E-state index in [1.807, 2.05) is 0 Å². The van der Waals surface area contributed by atoms with Crippen LogP contribution in [0.25, 0.3) is 0 Å². The lowest BCUT2D eigenvalue weighted by molar-refractivity contribution is 0.266. The van der Waals surface area contributed by atoms with E-state index < -0.39 is 0 Å². The maximum atomic E-state index is 13.3. The van der Waals surface area contributed by atoms with Gasteiger partial charge < -0.3 is 11.1 Å². The maximum Gasteiger partial charge on any atom is 0.137 e. The summed E-state index contributed by atoms with van der Waals surface area (Å²) < 4.78 is 13.8. The van der Waals surface area contributed by atoms with Crippen LogP contribution in [-0.4, -0.2) is 13.1 Å². The Hall–Kier alpha value is -0.450. The minimum Gasteiger partial charge on any atom is -0.329 e. The van der Waals surface area contributed by atoms with E-state index in [4.69, 9.17) is 5.73 Å². The molecule has 0 bridgehead atoms. The number of nitrogens with one attached hydrogen (secondary N) is 1. The molecule has 3 N–H and O–H groups in total. The minimum atomic E-state index is -0.244. The monoisotopic (exact) mass is 344 g/mol. The fourth-order valence-corrected chi connectivity index (χ4v) is 2.98. The van der Waals surface area contributed by atoms with Gasteiger partial charge in [0, 0.05) is 12.6 Å². The Labute approximate surface area is 130 Å². The van der Waals surface area contributed by atoms with Gasteiger partial charge in [-0.2, -0.15) is 0 Å². The largest absolute Gasteiger partial charge is 0.329 e. The van der Waals surface area contributed by atoms with E-state index >= 15 is 0 Å². The molecular weight excluding hydrogens is 319 g/mol. The summed E-state index contributed by atoms with van der Waals surface area (Å²) in [5.74, 6) is 1.61. The average Bonchev–Trinajstić information content (AvgIpc) is 2.37. The predicted molar refractivity (Wildman–Crippen MR) is 87.1 cm³/mol. The Kier molecular flexibility index (Phi) is 7.13. The van der Waals surface area contributed by atoms with Gasteiger partial charge in [0.05, 0.1) is 4.47 Å². The van der Waals surface area contributed by atoms with E-state index in [1.165, 1.54) is 6.07 Å². The standard InChI is InChI=1S/C16H26BrFN2/c1-10(2)13(11(3)4)9-20-16(8-19)12-5-6-15(18)14(17)7-12/h5-7,10-11,13,16,20H,8-9,19H2,1-4H3. The van der Waals surface area contributed by atoms with Crippen molar-refractivity contribution in [2.24, 2.45) is 23.5 Å². The van der Waals surface area contributed by atoms with E-state index in [0.717, 1.165) is 12.1 Å². The lowest BCUT2D eigenvalue weighted by Gasteiger charge is -2.28. The summed E-state index contributed by atoms with van der Waals surface area (Å²) in [6, 6.07) is 5.14. The van der Waals surface area contributed by atoms with Gasteiger partial charge in [-0.1, -0.05) is 33.8 Å². The first kappa shape index (κ1) is 17.6. The topological polar surface area (TPSA) is 38.0 Å². The van der Waals surface area contributed by atoms with E-state index in [-0.39, 0.29) is 11.9 Å². The predicted octanol–water partition coefficient (Wildman–Crippen LogP) is 4.11.